The van der Waals surface area contributed by atoms with Gasteiger partial charge in [-0.25, -0.2) is 19.0 Å². The first-order valence-electron chi connectivity index (χ1n) is 18.8. The van der Waals surface area contributed by atoms with E-state index in [1.165, 1.54) is 22.6 Å². The van der Waals surface area contributed by atoms with Gasteiger partial charge in [-0.15, -0.1) is 0 Å². The number of halogens is 1. The second-order valence-electron chi connectivity index (χ2n) is 14.9. The van der Waals surface area contributed by atoms with Crippen molar-refractivity contribution in [3.8, 4) is 22.5 Å². The summed E-state index contributed by atoms with van der Waals surface area (Å²) in [6.45, 7) is 2.93. The lowest BCUT2D eigenvalue weighted by molar-refractivity contribution is -0.172. The van der Waals surface area contributed by atoms with Crippen molar-refractivity contribution in [2.24, 2.45) is 0 Å². The quantitative estimate of drug-likeness (QED) is 0.152. The third-order valence-corrected chi connectivity index (χ3v) is 11.9. The number of ether oxygens (including phenoxy) is 3. The van der Waals surface area contributed by atoms with E-state index in [2.05, 4.69) is 17.4 Å². The minimum Gasteiger partial charge on any atom is -0.458 e. The van der Waals surface area contributed by atoms with E-state index < -0.39 is 41.1 Å². The highest BCUT2D eigenvalue weighted by molar-refractivity contribution is 5.93. The second kappa shape index (κ2) is 13.4. The van der Waals surface area contributed by atoms with Crippen molar-refractivity contribution in [2.45, 2.75) is 63.9 Å². The van der Waals surface area contributed by atoms with Gasteiger partial charge in [0.15, 0.2) is 5.60 Å². The number of pyridine rings is 2. The summed E-state index contributed by atoms with van der Waals surface area (Å²) in [5.74, 6) is -1.79. The van der Waals surface area contributed by atoms with Gasteiger partial charge in [0.1, 0.15) is 32.3 Å². The molecule has 12 nitrogen and oxygen atoms in total. The highest BCUT2D eigenvalue weighted by Crippen LogP contribution is 2.47. The molecule has 286 valence electrons. The Morgan fingerprint density at radius 3 is 2.50 bits per heavy atom. The Morgan fingerprint density at radius 2 is 1.79 bits per heavy atom. The van der Waals surface area contributed by atoms with Crippen LogP contribution in [0.25, 0.3) is 33.4 Å². The van der Waals surface area contributed by atoms with Crippen LogP contribution in [-0.4, -0.2) is 64.5 Å². The summed E-state index contributed by atoms with van der Waals surface area (Å²) in [6, 6.07) is 19.1. The highest BCUT2D eigenvalue weighted by Gasteiger charge is 2.46. The summed E-state index contributed by atoms with van der Waals surface area (Å²) < 4.78 is 34.1. The highest BCUT2D eigenvalue weighted by atomic mass is 19.1. The predicted molar refractivity (Wildman–Crippen MR) is 202 cm³/mol. The van der Waals surface area contributed by atoms with Crippen molar-refractivity contribution >= 4 is 28.9 Å². The maximum absolute atomic E-state index is 15.3. The first-order chi connectivity index (χ1) is 27.0. The summed E-state index contributed by atoms with van der Waals surface area (Å²) in [4.78, 5) is 58.8. The molecular weight excluding hydrogens is 719 g/mol. The molecule has 0 fully saturated rings. The molecule has 0 saturated carbocycles. The molecule has 2 aliphatic heterocycles. The zero-order valence-electron chi connectivity index (χ0n) is 31.1. The summed E-state index contributed by atoms with van der Waals surface area (Å²) in [5, 5.41) is 14.8. The summed E-state index contributed by atoms with van der Waals surface area (Å²) in [5.41, 5.74) is 6.40. The van der Waals surface area contributed by atoms with E-state index in [0.29, 0.717) is 40.9 Å². The van der Waals surface area contributed by atoms with Crippen LogP contribution >= 0.6 is 0 Å². The van der Waals surface area contributed by atoms with Crippen LogP contribution in [-0.2, 0) is 49.0 Å². The molecule has 2 aromatic heterocycles. The Kier molecular flexibility index (Phi) is 8.55. The van der Waals surface area contributed by atoms with Crippen molar-refractivity contribution in [3.63, 3.8) is 0 Å². The number of likely N-dealkylation sites (N-methyl/N-ethyl adjacent to an activating group) is 1. The molecule has 9 rings (SSSR count). The van der Waals surface area contributed by atoms with E-state index in [4.69, 9.17) is 19.2 Å². The number of hydrogen-bond donors (Lipinski definition) is 2. The van der Waals surface area contributed by atoms with Crippen LogP contribution in [0.1, 0.15) is 76.3 Å². The maximum atomic E-state index is 15.3. The molecule has 4 aliphatic rings. The second-order valence-corrected chi connectivity index (χ2v) is 14.9. The number of carbonyl (C=O) groups is 3. The Balaban J connectivity index is 0.923. The molecule has 4 heterocycles. The van der Waals surface area contributed by atoms with Crippen LogP contribution in [0.4, 0.5) is 9.18 Å². The first kappa shape index (κ1) is 35.8. The Hall–Kier alpha value is -5.92. The molecule has 5 aromatic rings. The molecule has 3 aromatic carbocycles. The number of amides is 2. The molecule has 56 heavy (non-hydrogen) atoms. The van der Waals surface area contributed by atoms with Crippen molar-refractivity contribution in [2.75, 3.05) is 26.9 Å². The Bertz CT molecular complexity index is 2540. The molecule has 13 heteroatoms. The van der Waals surface area contributed by atoms with E-state index in [1.54, 1.807) is 19.9 Å². The molecule has 2 N–H and O–H groups in total. The number of aromatic nitrogens is 2. The topological polar surface area (TPSA) is 149 Å². The molecule has 2 atom stereocenters. The van der Waals surface area contributed by atoms with Gasteiger partial charge in [-0.2, -0.15) is 0 Å². The van der Waals surface area contributed by atoms with Gasteiger partial charge >= 0.3 is 12.1 Å². The zero-order chi connectivity index (χ0) is 39.0. The average molecular weight is 759 g/mol. The number of benzene rings is 3. The third kappa shape index (κ3) is 5.43. The lowest BCUT2D eigenvalue weighted by Gasteiger charge is -2.31. The van der Waals surface area contributed by atoms with E-state index in [9.17, 15) is 24.3 Å². The number of carbonyl (C=O) groups excluding carboxylic acids is 3. The van der Waals surface area contributed by atoms with Crippen molar-refractivity contribution < 1.29 is 38.1 Å². The lowest BCUT2D eigenvalue weighted by Crippen LogP contribution is -2.44. The van der Waals surface area contributed by atoms with Gasteiger partial charge < -0.3 is 34.1 Å². The monoisotopic (exact) mass is 758 g/mol. The SMILES string of the molecule is CC[C@@]1(O)C(=O)OCc2c1cc1n(c2=O)Cc2c-1nc1cc(F)c(C)c3c1c2C(OCNC(=O)CN(C)C(=O)OCC1c2ccccc2-c2ccccc21)CC3. The Morgan fingerprint density at radius 1 is 1.07 bits per heavy atom. The fourth-order valence-corrected chi connectivity index (χ4v) is 8.94. The third-order valence-electron chi connectivity index (χ3n) is 11.9. The molecule has 0 spiro atoms. The van der Waals surface area contributed by atoms with Gasteiger partial charge in [-0.3, -0.25) is 9.59 Å². The molecule has 0 saturated heterocycles. The number of nitrogens with one attached hydrogen (secondary N) is 1. The van der Waals surface area contributed by atoms with Crippen LogP contribution in [0.15, 0.2) is 65.5 Å². The number of aryl methyl sites for hydroxylation is 1. The van der Waals surface area contributed by atoms with Crippen LogP contribution in [0, 0.1) is 12.7 Å². The molecule has 1 unspecified atom stereocenters. The molecule has 0 radical (unpaired) electrons. The number of hydrogen-bond acceptors (Lipinski definition) is 9. The van der Waals surface area contributed by atoms with E-state index in [-0.39, 0.29) is 56.5 Å². The van der Waals surface area contributed by atoms with Gasteiger partial charge in [0, 0.05) is 35.5 Å². The van der Waals surface area contributed by atoms with E-state index in [1.807, 2.05) is 36.4 Å². The Labute approximate surface area is 320 Å². The zero-order valence-corrected chi connectivity index (χ0v) is 31.1. The van der Waals surface area contributed by atoms with Crippen molar-refractivity contribution in [1.29, 1.82) is 0 Å². The van der Waals surface area contributed by atoms with Gasteiger partial charge in [0.25, 0.3) is 5.56 Å². The average Bonchev–Trinajstić information content (AvgIpc) is 3.73. The van der Waals surface area contributed by atoms with Gasteiger partial charge in [-0.05, 0) is 71.2 Å². The fourth-order valence-electron chi connectivity index (χ4n) is 8.94. The van der Waals surface area contributed by atoms with Gasteiger partial charge in [-0.1, -0.05) is 55.5 Å². The normalized spacial score (nSPS) is 18.7. The number of fused-ring (bicyclic) bond motifs is 8. The smallest absolute Gasteiger partial charge is 0.409 e. The molecule has 0 bridgehead atoms. The minimum absolute atomic E-state index is 0.00193. The first-order valence-corrected chi connectivity index (χ1v) is 18.8. The summed E-state index contributed by atoms with van der Waals surface area (Å²) in [6.07, 6.45) is -0.209. The molecular formula is C43H39FN4O8. The number of rotatable bonds is 8. The standard InChI is InChI=1S/C43H39FN4O8/c1-4-43(53)31-15-34-39-28(17-48(34)40(50)30(31)20-54-41(43)51)38-35(14-13-23-22(2)32(44)16-33(46-39)37(23)38)56-21-45-36(49)18-47(3)42(52)55-19-29-26-11-7-5-9-24(26)25-10-6-8-12-27(25)29/h5-12,15-16,29,35,53H,4,13-14,17-21H2,1-3H3,(H,45,49)/t35?,43-/m0/s1. The molecule has 2 aliphatic carbocycles. The van der Waals surface area contributed by atoms with Crippen molar-refractivity contribution in [3.05, 3.63) is 121 Å². The lowest BCUT2D eigenvalue weighted by atomic mass is 9.82. The minimum atomic E-state index is -1.99. The molecule has 2 amide bonds. The predicted octanol–water partition coefficient (Wildman–Crippen LogP) is 5.49. The largest absolute Gasteiger partial charge is 0.458 e. The fraction of sp³-hybridized carbons (Fsp3) is 0.326. The number of cyclic esters (lactones) is 1. The number of nitrogens with zero attached hydrogens (tertiary/aromatic N) is 3. The van der Waals surface area contributed by atoms with Gasteiger partial charge in [0.2, 0.25) is 5.91 Å². The maximum Gasteiger partial charge on any atom is 0.409 e. The number of aliphatic hydroxyl groups is 1. The van der Waals surface area contributed by atoms with Crippen molar-refractivity contribution in [1.82, 2.24) is 19.8 Å². The van der Waals surface area contributed by atoms with Crippen LogP contribution < -0.4 is 10.9 Å². The van der Waals surface area contributed by atoms with E-state index >= 15 is 4.39 Å². The van der Waals surface area contributed by atoms with Crippen LogP contribution in [0.3, 0.4) is 0 Å². The van der Waals surface area contributed by atoms with E-state index in [0.717, 1.165) is 38.8 Å². The summed E-state index contributed by atoms with van der Waals surface area (Å²) in [7, 11) is 1.50. The van der Waals surface area contributed by atoms with Crippen LogP contribution in [0.2, 0.25) is 0 Å². The van der Waals surface area contributed by atoms with Gasteiger partial charge in [0.05, 0.1) is 35.1 Å². The summed E-state index contributed by atoms with van der Waals surface area (Å²) >= 11 is 0. The number of esters is 1. The van der Waals surface area contributed by atoms with Crippen LogP contribution in [0.5, 0.6) is 0 Å².